The first kappa shape index (κ1) is 8.57. The molecule has 1 heterocycles. The summed E-state index contributed by atoms with van der Waals surface area (Å²) in [6, 6.07) is 4.41. The fourth-order valence-electron chi connectivity index (χ4n) is 1.91. The summed E-state index contributed by atoms with van der Waals surface area (Å²) in [5, 5.41) is 12.9. The van der Waals surface area contributed by atoms with Gasteiger partial charge in [0.25, 0.3) is 0 Å². The Hall–Kier alpha value is -1.02. The average molecular weight is 177 g/mol. The molecule has 1 aliphatic rings. The van der Waals surface area contributed by atoms with Crippen molar-refractivity contribution >= 4 is 0 Å². The Balaban J connectivity index is 2.52. The lowest BCUT2D eigenvalue weighted by Gasteiger charge is -2.24. The highest BCUT2D eigenvalue weighted by atomic mass is 16.3. The molecule has 1 atom stereocenters. The van der Waals surface area contributed by atoms with Crippen LogP contribution in [0.5, 0.6) is 5.75 Å². The van der Waals surface area contributed by atoms with Crippen LogP contribution >= 0.6 is 0 Å². The van der Waals surface area contributed by atoms with Crippen LogP contribution in [0.25, 0.3) is 0 Å². The largest absolute Gasteiger partial charge is 0.508 e. The van der Waals surface area contributed by atoms with E-state index in [9.17, 15) is 5.11 Å². The van der Waals surface area contributed by atoms with Gasteiger partial charge in [0.15, 0.2) is 0 Å². The summed E-state index contributed by atoms with van der Waals surface area (Å²) in [6.45, 7) is 5.11. The zero-order valence-electron chi connectivity index (χ0n) is 8.09. The summed E-state index contributed by atoms with van der Waals surface area (Å²) in [4.78, 5) is 0. The maximum absolute atomic E-state index is 9.54. The molecule has 1 unspecified atom stereocenters. The Bertz CT molecular complexity index is 333. The molecule has 0 saturated heterocycles. The molecule has 13 heavy (non-hydrogen) atoms. The molecule has 2 heteroatoms. The molecular weight excluding hydrogens is 162 g/mol. The molecule has 0 aliphatic carbocycles. The Kier molecular flexibility index (Phi) is 2.00. The number of hydrogen-bond donors (Lipinski definition) is 2. The molecule has 0 saturated carbocycles. The number of phenolic OH excluding ortho intramolecular Hbond substituents is 1. The fourth-order valence-corrected chi connectivity index (χ4v) is 1.91. The molecule has 0 amide bonds. The van der Waals surface area contributed by atoms with Crippen LogP contribution in [0.4, 0.5) is 0 Å². The van der Waals surface area contributed by atoms with Gasteiger partial charge in [-0.05, 0) is 49.6 Å². The van der Waals surface area contributed by atoms with E-state index in [1.54, 1.807) is 0 Å². The molecule has 0 aromatic heterocycles. The lowest BCUT2D eigenvalue weighted by molar-refractivity contribution is 0.466. The van der Waals surface area contributed by atoms with E-state index in [0.29, 0.717) is 11.8 Å². The summed E-state index contributed by atoms with van der Waals surface area (Å²) in [5.41, 5.74) is 3.59. The van der Waals surface area contributed by atoms with Crippen LogP contribution < -0.4 is 5.32 Å². The number of nitrogens with one attached hydrogen (secondary N) is 1. The van der Waals surface area contributed by atoms with Crippen molar-refractivity contribution in [2.24, 2.45) is 0 Å². The zero-order valence-corrected chi connectivity index (χ0v) is 8.09. The predicted molar refractivity (Wildman–Crippen MR) is 53.0 cm³/mol. The van der Waals surface area contributed by atoms with E-state index in [2.05, 4.69) is 18.3 Å². The van der Waals surface area contributed by atoms with Crippen molar-refractivity contribution in [3.63, 3.8) is 0 Å². The Labute approximate surface area is 78.6 Å². The molecule has 0 spiro atoms. The normalized spacial score (nSPS) is 21.2. The topological polar surface area (TPSA) is 32.3 Å². The lowest BCUT2D eigenvalue weighted by Crippen LogP contribution is -2.27. The maximum Gasteiger partial charge on any atom is 0.118 e. The maximum atomic E-state index is 9.54. The van der Waals surface area contributed by atoms with Crippen molar-refractivity contribution in [1.82, 2.24) is 5.32 Å². The van der Waals surface area contributed by atoms with Gasteiger partial charge in [0.05, 0.1) is 0 Å². The number of phenols is 1. The zero-order chi connectivity index (χ0) is 9.42. The van der Waals surface area contributed by atoms with Crippen LogP contribution in [0.1, 0.15) is 29.7 Å². The molecule has 70 valence electrons. The second-order valence-corrected chi connectivity index (χ2v) is 3.76. The first-order valence-corrected chi connectivity index (χ1v) is 4.74. The van der Waals surface area contributed by atoms with E-state index in [4.69, 9.17) is 0 Å². The molecule has 1 aromatic carbocycles. The molecule has 2 rings (SSSR count). The van der Waals surface area contributed by atoms with Crippen LogP contribution in [0.3, 0.4) is 0 Å². The fraction of sp³-hybridized carbons (Fsp3) is 0.455. The Morgan fingerprint density at radius 1 is 1.46 bits per heavy atom. The van der Waals surface area contributed by atoms with E-state index in [0.717, 1.165) is 18.5 Å². The number of benzene rings is 1. The van der Waals surface area contributed by atoms with Crippen molar-refractivity contribution in [3.05, 3.63) is 28.8 Å². The summed E-state index contributed by atoms with van der Waals surface area (Å²) >= 11 is 0. The van der Waals surface area contributed by atoms with Crippen molar-refractivity contribution < 1.29 is 5.11 Å². The molecule has 1 aromatic rings. The molecule has 0 fully saturated rings. The minimum absolute atomic E-state index is 0.419. The van der Waals surface area contributed by atoms with Crippen LogP contribution in [0, 0.1) is 6.92 Å². The van der Waals surface area contributed by atoms with Crippen LogP contribution in [0.15, 0.2) is 12.1 Å². The van der Waals surface area contributed by atoms with Crippen molar-refractivity contribution in [2.75, 3.05) is 6.54 Å². The van der Waals surface area contributed by atoms with Gasteiger partial charge in [-0.3, -0.25) is 0 Å². The number of rotatable bonds is 0. The van der Waals surface area contributed by atoms with Gasteiger partial charge >= 0.3 is 0 Å². The number of fused-ring (bicyclic) bond motifs is 1. The molecular formula is C11H15NO. The third-order valence-corrected chi connectivity index (χ3v) is 2.77. The SMILES string of the molecule is Cc1cc2c(cc1O)CCNC2C. The summed E-state index contributed by atoms with van der Waals surface area (Å²) in [7, 11) is 0. The van der Waals surface area contributed by atoms with Crippen LogP contribution in [0.2, 0.25) is 0 Å². The highest BCUT2D eigenvalue weighted by molar-refractivity contribution is 5.43. The second kappa shape index (κ2) is 3.04. The second-order valence-electron chi connectivity index (χ2n) is 3.76. The minimum Gasteiger partial charge on any atom is -0.508 e. The Morgan fingerprint density at radius 2 is 2.23 bits per heavy atom. The third kappa shape index (κ3) is 1.42. The van der Waals surface area contributed by atoms with Crippen LogP contribution in [-0.2, 0) is 6.42 Å². The van der Waals surface area contributed by atoms with Gasteiger partial charge in [0, 0.05) is 6.04 Å². The monoisotopic (exact) mass is 177 g/mol. The quantitative estimate of drug-likeness (QED) is 0.634. The smallest absolute Gasteiger partial charge is 0.118 e. The number of hydrogen-bond acceptors (Lipinski definition) is 2. The number of aryl methyl sites for hydroxylation is 1. The lowest BCUT2D eigenvalue weighted by atomic mass is 9.93. The van der Waals surface area contributed by atoms with Crippen molar-refractivity contribution in [2.45, 2.75) is 26.3 Å². The minimum atomic E-state index is 0.419. The first-order valence-electron chi connectivity index (χ1n) is 4.74. The van der Waals surface area contributed by atoms with E-state index in [1.807, 2.05) is 13.0 Å². The standard InChI is InChI=1S/C11H15NO/c1-7-5-10-8(2)12-4-3-9(10)6-11(7)13/h5-6,8,12-13H,3-4H2,1-2H3. The van der Waals surface area contributed by atoms with Crippen LogP contribution in [-0.4, -0.2) is 11.7 Å². The number of aromatic hydroxyl groups is 1. The van der Waals surface area contributed by atoms with Gasteiger partial charge in [-0.2, -0.15) is 0 Å². The van der Waals surface area contributed by atoms with E-state index >= 15 is 0 Å². The molecule has 0 radical (unpaired) electrons. The molecule has 1 aliphatic heterocycles. The van der Waals surface area contributed by atoms with Crippen molar-refractivity contribution in [3.8, 4) is 5.75 Å². The van der Waals surface area contributed by atoms with Gasteiger partial charge < -0.3 is 10.4 Å². The third-order valence-electron chi connectivity index (χ3n) is 2.77. The molecule has 2 N–H and O–H groups in total. The molecule has 2 nitrogen and oxygen atoms in total. The summed E-state index contributed by atoms with van der Waals surface area (Å²) in [5.74, 6) is 0.424. The summed E-state index contributed by atoms with van der Waals surface area (Å²) < 4.78 is 0. The van der Waals surface area contributed by atoms with Gasteiger partial charge in [0.2, 0.25) is 0 Å². The summed E-state index contributed by atoms with van der Waals surface area (Å²) in [6.07, 6.45) is 1.02. The van der Waals surface area contributed by atoms with Gasteiger partial charge in [-0.1, -0.05) is 6.07 Å². The highest BCUT2D eigenvalue weighted by Crippen LogP contribution is 2.28. The average Bonchev–Trinajstić information content (AvgIpc) is 2.09. The van der Waals surface area contributed by atoms with Gasteiger partial charge in [-0.15, -0.1) is 0 Å². The predicted octanol–water partition coefficient (Wildman–Crippen LogP) is 1.91. The molecule has 0 bridgehead atoms. The van der Waals surface area contributed by atoms with E-state index in [1.165, 1.54) is 11.1 Å². The Morgan fingerprint density at radius 3 is 3.00 bits per heavy atom. The van der Waals surface area contributed by atoms with E-state index < -0.39 is 0 Å². The first-order chi connectivity index (χ1) is 6.18. The van der Waals surface area contributed by atoms with E-state index in [-0.39, 0.29) is 0 Å². The highest BCUT2D eigenvalue weighted by Gasteiger charge is 2.16. The van der Waals surface area contributed by atoms with Gasteiger partial charge in [-0.25, -0.2) is 0 Å². The van der Waals surface area contributed by atoms with Gasteiger partial charge in [0.1, 0.15) is 5.75 Å². The van der Waals surface area contributed by atoms with Crippen molar-refractivity contribution in [1.29, 1.82) is 0 Å².